The number of aromatic nitrogens is 1. The lowest BCUT2D eigenvalue weighted by atomic mass is 9.72. The van der Waals surface area contributed by atoms with E-state index in [1.807, 2.05) is 0 Å². The van der Waals surface area contributed by atoms with Crippen LogP contribution in [0.3, 0.4) is 0 Å². The summed E-state index contributed by atoms with van der Waals surface area (Å²) in [5.41, 5.74) is -3.92. The number of ether oxygens (including phenoxy) is 3. The van der Waals surface area contributed by atoms with Crippen LogP contribution in [0.5, 0.6) is 17.2 Å². The van der Waals surface area contributed by atoms with Crippen molar-refractivity contribution in [3.8, 4) is 17.2 Å². The number of aliphatic hydroxyl groups excluding tert-OH is 2. The Hall–Kier alpha value is -5.79. The monoisotopic (exact) mass is 816 g/mol. The summed E-state index contributed by atoms with van der Waals surface area (Å²) in [6.07, 6.45) is -2.91. The van der Waals surface area contributed by atoms with Crippen LogP contribution < -0.4 is 15.4 Å². The van der Waals surface area contributed by atoms with E-state index >= 15 is 0 Å². The number of Topliss-reactive ketones (excluding diaryl/α,β-unsaturated/α-hetero) is 1. The van der Waals surface area contributed by atoms with Crippen LogP contribution in [-0.4, -0.2) is 133 Å². The fourth-order valence-electron chi connectivity index (χ4n) is 8.53. The van der Waals surface area contributed by atoms with Gasteiger partial charge in [0.2, 0.25) is 17.6 Å². The molecular weight excluding hydrogens is 772 g/mol. The molecule has 4 aliphatic rings. The highest BCUT2D eigenvalue weighted by Gasteiger charge is 2.51. The Morgan fingerprint density at radius 2 is 1.76 bits per heavy atom. The van der Waals surface area contributed by atoms with E-state index in [4.69, 9.17) is 14.2 Å². The Balaban J connectivity index is 1.14. The third-order valence-corrected chi connectivity index (χ3v) is 11.6. The number of carbonyl (C=O) groups excluding carboxylic acids is 6. The number of rotatable bonds is 10. The molecule has 8 atom stereocenters. The molecule has 5 unspecified atom stereocenters. The molecule has 1 aromatic heterocycles. The van der Waals surface area contributed by atoms with Crippen LogP contribution in [0.15, 0.2) is 42.7 Å². The van der Waals surface area contributed by atoms with Crippen molar-refractivity contribution >= 4 is 35.1 Å². The van der Waals surface area contributed by atoms with Gasteiger partial charge < -0.3 is 55.3 Å². The quantitative estimate of drug-likeness (QED) is 0.107. The molecule has 3 heterocycles. The van der Waals surface area contributed by atoms with E-state index in [9.17, 15) is 54.3 Å². The highest BCUT2D eigenvalue weighted by molar-refractivity contribution is 6.31. The normalized spacial score (nSPS) is 26.6. The number of hydrogen-bond acceptors (Lipinski definition) is 15. The number of likely N-dealkylation sites (tertiary alicyclic amines) is 1. The SMILES string of the molecule is COc1cccc2c1C(=O)c1c(O)c3c(c(O)c1C2=O)C[C@@](O)(C(=O)CO)CC3OC1CC(NC(=O)[C@@H]2CCCN2C(=O)[C@@H](C)NC(=O)c2ccncc2)C(O)C(C)O1. The molecule has 0 saturated carbocycles. The van der Waals surface area contributed by atoms with Gasteiger partial charge in [-0.05, 0) is 44.9 Å². The van der Waals surface area contributed by atoms with Crippen LogP contribution in [-0.2, 0) is 30.3 Å². The molecule has 3 amide bonds. The molecule has 312 valence electrons. The van der Waals surface area contributed by atoms with Gasteiger partial charge in [0.05, 0.1) is 42.0 Å². The van der Waals surface area contributed by atoms with E-state index in [1.54, 1.807) is 0 Å². The van der Waals surface area contributed by atoms with Crippen molar-refractivity contribution in [1.82, 2.24) is 20.5 Å². The first kappa shape index (κ1) is 41.4. The molecule has 0 bridgehead atoms. The number of pyridine rings is 1. The third-order valence-electron chi connectivity index (χ3n) is 11.6. The number of aromatic hydroxyl groups is 2. The van der Waals surface area contributed by atoms with Crippen molar-refractivity contribution in [2.75, 3.05) is 20.3 Å². The van der Waals surface area contributed by atoms with Crippen molar-refractivity contribution < 1.29 is 68.5 Å². The zero-order valence-corrected chi connectivity index (χ0v) is 32.3. The average Bonchev–Trinajstić information content (AvgIpc) is 3.72. The smallest absolute Gasteiger partial charge is 0.252 e. The Bertz CT molecular complexity index is 2230. The third kappa shape index (κ3) is 7.31. The molecule has 2 aliphatic carbocycles. The number of carbonyl (C=O) groups is 6. The number of fused-ring (bicyclic) bond motifs is 3. The van der Waals surface area contributed by atoms with Gasteiger partial charge in [0.25, 0.3) is 5.91 Å². The highest BCUT2D eigenvalue weighted by Crippen LogP contribution is 2.52. The van der Waals surface area contributed by atoms with Crippen LogP contribution in [0.25, 0.3) is 0 Å². The van der Waals surface area contributed by atoms with E-state index in [0.717, 1.165) is 0 Å². The number of nitrogens with zero attached hydrogens (tertiary/aromatic N) is 2. The zero-order chi connectivity index (χ0) is 42.5. The maximum Gasteiger partial charge on any atom is 0.252 e. The number of nitrogens with one attached hydrogen (secondary N) is 2. The molecule has 7 N–H and O–H groups in total. The summed E-state index contributed by atoms with van der Waals surface area (Å²) in [6.45, 7) is 2.16. The first-order valence-electron chi connectivity index (χ1n) is 19.1. The van der Waals surface area contributed by atoms with Gasteiger partial charge in [-0.2, -0.15) is 0 Å². The van der Waals surface area contributed by atoms with Crippen LogP contribution in [0.4, 0.5) is 0 Å². The lowest BCUT2D eigenvalue weighted by molar-refractivity contribution is -0.249. The number of methoxy groups -OCH3 is 1. The predicted molar refractivity (Wildman–Crippen MR) is 202 cm³/mol. The fourth-order valence-corrected chi connectivity index (χ4v) is 8.53. The molecule has 0 spiro atoms. The number of ketones is 3. The van der Waals surface area contributed by atoms with Gasteiger partial charge in [0.15, 0.2) is 17.9 Å². The Kier molecular flexibility index (Phi) is 11.3. The maximum atomic E-state index is 14.0. The van der Waals surface area contributed by atoms with Crippen molar-refractivity contribution in [3.05, 3.63) is 81.7 Å². The molecule has 7 rings (SSSR count). The summed E-state index contributed by atoms with van der Waals surface area (Å²) in [4.78, 5) is 86.0. The minimum atomic E-state index is -2.38. The Morgan fingerprint density at radius 3 is 2.46 bits per heavy atom. The lowest BCUT2D eigenvalue weighted by Crippen LogP contribution is -2.59. The summed E-state index contributed by atoms with van der Waals surface area (Å²) in [5, 5.41) is 61.5. The van der Waals surface area contributed by atoms with E-state index in [0.29, 0.717) is 18.4 Å². The van der Waals surface area contributed by atoms with E-state index in [1.165, 1.54) is 68.6 Å². The van der Waals surface area contributed by atoms with Crippen LogP contribution in [0.1, 0.15) is 99.0 Å². The zero-order valence-electron chi connectivity index (χ0n) is 32.3. The molecule has 2 fully saturated rings. The molecule has 3 aromatic rings. The molecule has 0 radical (unpaired) electrons. The number of hydrogen-bond donors (Lipinski definition) is 7. The van der Waals surface area contributed by atoms with Crippen LogP contribution >= 0.6 is 0 Å². The Morgan fingerprint density at radius 1 is 1.05 bits per heavy atom. The summed E-state index contributed by atoms with van der Waals surface area (Å²) >= 11 is 0. The summed E-state index contributed by atoms with van der Waals surface area (Å²) < 4.78 is 17.6. The molecule has 18 nitrogen and oxygen atoms in total. The van der Waals surface area contributed by atoms with Crippen molar-refractivity contribution in [2.45, 2.75) is 94.3 Å². The second-order valence-electron chi connectivity index (χ2n) is 15.2. The number of amides is 3. The van der Waals surface area contributed by atoms with E-state index in [2.05, 4.69) is 15.6 Å². The Labute approximate surface area is 337 Å². The van der Waals surface area contributed by atoms with Crippen molar-refractivity contribution in [3.63, 3.8) is 0 Å². The summed E-state index contributed by atoms with van der Waals surface area (Å²) in [7, 11) is 1.30. The van der Waals surface area contributed by atoms with Gasteiger partial charge in [-0.25, -0.2) is 0 Å². The topological polar surface area (TPSA) is 271 Å². The number of phenols is 2. The van der Waals surface area contributed by atoms with Gasteiger partial charge in [0, 0.05) is 60.5 Å². The van der Waals surface area contributed by atoms with Gasteiger partial charge in [0.1, 0.15) is 47.6 Å². The van der Waals surface area contributed by atoms with Crippen LogP contribution in [0, 0.1) is 0 Å². The second-order valence-corrected chi connectivity index (χ2v) is 15.2. The van der Waals surface area contributed by atoms with Crippen molar-refractivity contribution in [1.29, 1.82) is 0 Å². The average molecular weight is 817 g/mol. The first-order valence-corrected chi connectivity index (χ1v) is 19.1. The molecular formula is C41H44N4O14. The van der Waals surface area contributed by atoms with Gasteiger partial charge in [-0.1, -0.05) is 12.1 Å². The second kappa shape index (κ2) is 16.1. The lowest BCUT2D eigenvalue weighted by Gasteiger charge is -2.43. The number of phenolic OH excluding ortho intramolecular Hbond substituents is 2. The van der Waals surface area contributed by atoms with Gasteiger partial charge >= 0.3 is 0 Å². The highest BCUT2D eigenvalue weighted by atomic mass is 16.7. The minimum Gasteiger partial charge on any atom is -0.507 e. The van der Waals surface area contributed by atoms with Crippen LogP contribution in [0.2, 0.25) is 0 Å². The molecule has 18 heteroatoms. The summed E-state index contributed by atoms with van der Waals surface area (Å²) in [5.74, 6) is -5.77. The molecule has 59 heavy (non-hydrogen) atoms. The minimum absolute atomic E-state index is 0.0439. The molecule has 2 saturated heterocycles. The summed E-state index contributed by atoms with van der Waals surface area (Å²) in [6, 6.07) is 4.33. The fraction of sp³-hybridized carbons (Fsp3) is 0.439. The number of benzene rings is 2. The van der Waals surface area contributed by atoms with E-state index in [-0.39, 0.29) is 41.0 Å². The molecule has 2 aliphatic heterocycles. The maximum absolute atomic E-state index is 14.0. The number of aliphatic hydroxyl groups is 3. The van der Waals surface area contributed by atoms with Gasteiger partial charge in [-0.15, -0.1) is 0 Å². The predicted octanol–water partition coefficient (Wildman–Crippen LogP) is 0.363. The standard InChI is InChI=1S/C41H44N4O14/c1-18(43-38(53)20-9-11-42-12-10-20)40(55)45-13-5-7-24(45)39(54)44-23-14-28(58-19(2)33(23)48)59-26-16-41(56,27(47)17-46)15-22-30(26)37(52)32-31(35(22)50)34(49)21-6-4-8-25(57-3)29(21)36(32)51/h4,6,8-12,18-19,23-24,26,28,33,46,48,50,52,56H,5,7,13-17H2,1-3H3,(H,43,53)(H,44,54)/t18-,19?,23?,24+,26?,28?,33?,41+/m1/s1. The first-order chi connectivity index (χ1) is 28.1. The molecule has 2 aromatic carbocycles. The largest absolute Gasteiger partial charge is 0.507 e. The van der Waals surface area contributed by atoms with Gasteiger partial charge in [-0.3, -0.25) is 33.8 Å². The van der Waals surface area contributed by atoms with Crippen molar-refractivity contribution in [2.24, 2.45) is 0 Å². The van der Waals surface area contributed by atoms with E-state index < -0.39 is 125 Å².